The van der Waals surface area contributed by atoms with Crippen LogP contribution in [0.2, 0.25) is 5.02 Å². The van der Waals surface area contributed by atoms with Crippen LogP contribution in [0.4, 0.5) is 16.2 Å². The second-order valence-electron chi connectivity index (χ2n) is 11.3. The van der Waals surface area contributed by atoms with Crippen LogP contribution in [-0.2, 0) is 31.2 Å². The van der Waals surface area contributed by atoms with E-state index in [1.165, 1.54) is 0 Å². The van der Waals surface area contributed by atoms with E-state index >= 15 is 0 Å². The summed E-state index contributed by atoms with van der Waals surface area (Å²) in [5, 5.41) is 3.22. The van der Waals surface area contributed by atoms with Crippen LogP contribution >= 0.6 is 11.6 Å². The van der Waals surface area contributed by atoms with Gasteiger partial charge < -0.3 is 14.4 Å². The average Bonchev–Trinajstić information content (AvgIpc) is 3.13. The summed E-state index contributed by atoms with van der Waals surface area (Å²) in [7, 11) is 0. The first-order valence-electron chi connectivity index (χ1n) is 13.7. The van der Waals surface area contributed by atoms with E-state index in [1.807, 2.05) is 44.2 Å². The summed E-state index contributed by atoms with van der Waals surface area (Å²) in [5.41, 5.74) is 1.90. The fourth-order valence-corrected chi connectivity index (χ4v) is 5.95. The molecule has 2 aliphatic heterocycles. The third-order valence-electron chi connectivity index (χ3n) is 7.52. The molecule has 1 spiro atoms. The fourth-order valence-electron chi connectivity index (χ4n) is 5.77. The Hall–Kier alpha value is -4.10. The van der Waals surface area contributed by atoms with Crippen LogP contribution in [0.15, 0.2) is 78.4 Å². The predicted molar refractivity (Wildman–Crippen MR) is 160 cm³/mol. The van der Waals surface area contributed by atoms with Crippen molar-refractivity contribution in [1.82, 2.24) is 0 Å². The number of fused-ring (bicyclic) bond motifs is 2. The molecule has 41 heavy (non-hydrogen) atoms. The minimum absolute atomic E-state index is 0.315. The molecule has 0 fully saturated rings. The molecule has 3 aromatic rings. The molecule has 5 rings (SSSR count). The smallest absolute Gasteiger partial charge is 0.412 e. The second kappa shape index (κ2) is 10.7. The molecular formula is C33H33ClN2O5. The quantitative estimate of drug-likeness (QED) is 0.320. The Morgan fingerprint density at radius 1 is 1.05 bits per heavy atom. The fraction of sp³-hybridized carbons (Fsp3) is 0.303. The predicted octanol–water partition coefficient (Wildman–Crippen LogP) is 7.49. The van der Waals surface area contributed by atoms with Gasteiger partial charge in [0.1, 0.15) is 5.60 Å². The number of amides is 2. The van der Waals surface area contributed by atoms with E-state index in [0.29, 0.717) is 46.1 Å². The van der Waals surface area contributed by atoms with E-state index in [9.17, 15) is 14.4 Å². The van der Waals surface area contributed by atoms with Crippen molar-refractivity contribution in [2.75, 3.05) is 10.2 Å². The lowest BCUT2D eigenvalue weighted by atomic mass is 9.73. The van der Waals surface area contributed by atoms with Gasteiger partial charge in [0.15, 0.2) is 0 Å². The Morgan fingerprint density at radius 3 is 2.41 bits per heavy atom. The van der Waals surface area contributed by atoms with Crippen molar-refractivity contribution in [2.45, 2.75) is 58.8 Å². The van der Waals surface area contributed by atoms with Gasteiger partial charge in [-0.15, -0.1) is 0 Å². The van der Waals surface area contributed by atoms with Gasteiger partial charge in [-0.2, -0.15) is 0 Å². The molecule has 0 saturated carbocycles. The monoisotopic (exact) mass is 572 g/mol. The maximum atomic E-state index is 14.4. The Bertz CT molecular complexity index is 1560. The normalized spacial score (nSPS) is 20.2. The van der Waals surface area contributed by atoms with Gasteiger partial charge in [-0.1, -0.05) is 74.0 Å². The highest BCUT2D eigenvalue weighted by molar-refractivity contribution is 6.31. The highest BCUT2D eigenvalue weighted by Crippen LogP contribution is 2.55. The third kappa shape index (κ3) is 5.10. The first kappa shape index (κ1) is 28.4. The molecule has 0 aromatic heterocycles. The van der Waals surface area contributed by atoms with E-state index in [4.69, 9.17) is 21.1 Å². The summed E-state index contributed by atoms with van der Waals surface area (Å²) in [6, 6.07) is 21.9. The molecule has 2 heterocycles. The van der Waals surface area contributed by atoms with Crippen molar-refractivity contribution in [2.24, 2.45) is 5.92 Å². The van der Waals surface area contributed by atoms with Crippen molar-refractivity contribution in [1.29, 1.82) is 0 Å². The van der Waals surface area contributed by atoms with Gasteiger partial charge in [0.2, 0.25) is 5.60 Å². The maximum absolute atomic E-state index is 14.4. The molecule has 0 saturated heterocycles. The van der Waals surface area contributed by atoms with Gasteiger partial charge in [0.05, 0.1) is 23.5 Å². The zero-order valence-corrected chi connectivity index (χ0v) is 24.5. The van der Waals surface area contributed by atoms with Crippen LogP contribution in [0.5, 0.6) is 0 Å². The number of ether oxygens (including phenoxy) is 2. The molecule has 0 radical (unpaired) electrons. The van der Waals surface area contributed by atoms with E-state index in [1.54, 1.807) is 68.1 Å². The first-order valence-corrected chi connectivity index (χ1v) is 14.1. The van der Waals surface area contributed by atoms with Gasteiger partial charge in [-0.05, 0) is 62.6 Å². The number of esters is 1. The van der Waals surface area contributed by atoms with E-state index in [2.05, 4.69) is 5.32 Å². The zero-order valence-electron chi connectivity index (χ0n) is 23.8. The lowest BCUT2D eigenvalue weighted by Gasteiger charge is -2.40. The molecule has 8 heteroatoms. The van der Waals surface area contributed by atoms with E-state index < -0.39 is 29.2 Å². The average molecular weight is 573 g/mol. The summed E-state index contributed by atoms with van der Waals surface area (Å²) in [4.78, 5) is 42.7. The molecule has 7 nitrogen and oxygen atoms in total. The van der Waals surface area contributed by atoms with Gasteiger partial charge in [0.25, 0.3) is 5.91 Å². The van der Waals surface area contributed by atoms with Crippen molar-refractivity contribution in [3.05, 3.63) is 100 Å². The summed E-state index contributed by atoms with van der Waals surface area (Å²) >= 11 is 6.44. The topological polar surface area (TPSA) is 84.9 Å². The van der Waals surface area contributed by atoms with Crippen LogP contribution in [-0.4, -0.2) is 23.6 Å². The summed E-state index contributed by atoms with van der Waals surface area (Å²) in [6.45, 7) is 9.51. The van der Waals surface area contributed by atoms with Gasteiger partial charge in [-0.25, -0.2) is 9.59 Å². The van der Waals surface area contributed by atoms with Gasteiger partial charge >= 0.3 is 12.1 Å². The molecule has 2 atom stereocenters. The minimum atomic E-state index is -1.57. The molecule has 1 unspecified atom stereocenters. The Balaban J connectivity index is 1.61. The van der Waals surface area contributed by atoms with Gasteiger partial charge in [0, 0.05) is 22.1 Å². The van der Waals surface area contributed by atoms with Crippen LogP contribution < -0.4 is 10.2 Å². The van der Waals surface area contributed by atoms with Gasteiger partial charge in [-0.3, -0.25) is 10.1 Å². The molecule has 0 aliphatic carbocycles. The molecule has 3 aromatic carbocycles. The number of hydrogen-bond donors (Lipinski definition) is 1. The highest BCUT2D eigenvalue weighted by Gasteiger charge is 2.61. The number of hydrogen-bond acceptors (Lipinski definition) is 5. The van der Waals surface area contributed by atoms with Crippen LogP contribution in [0, 0.1) is 5.92 Å². The lowest BCUT2D eigenvalue weighted by molar-refractivity contribution is -0.169. The third-order valence-corrected chi connectivity index (χ3v) is 7.76. The lowest BCUT2D eigenvalue weighted by Crippen LogP contribution is -2.51. The molecule has 0 bridgehead atoms. The number of nitrogens with one attached hydrogen (secondary N) is 1. The zero-order chi connectivity index (χ0) is 29.5. The first-order chi connectivity index (χ1) is 19.5. The number of para-hydroxylation sites is 1. The number of halogens is 1. The summed E-state index contributed by atoms with van der Waals surface area (Å²) in [5.74, 6) is -1.47. The van der Waals surface area contributed by atoms with E-state index in [0.717, 1.165) is 11.1 Å². The molecule has 2 amide bonds. The molecule has 1 N–H and O–H groups in total. The van der Waals surface area contributed by atoms with E-state index in [-0.39, 0.29) is 5.91 Å². The standard InChI is InChI=1S/C33H33ClN2O5/c1-6-23-20(2)33(25-18-22(34)16-17-27(25)36(30(33)38)19-21-12-8-7-9-13-21)40-29(37)28(23)24-14-10-11-15-26(24)35-31(39)41-32(3,4)5/h7-18,20H,6,19H2,1-5H3,(H,35,39)/t20?,33-/m1/s1. The van der Waals surface area contributed by atoms with Crippen molar-refractivity contribution in [3.8, 4) is 0 Å². The van der Waals surface area contributed by atoms with Crippen LogP contribution in [0.3, 0.4) is 0 Å². The Morgan fingerprint density at radius 2 is 1.73 bits per heavy atom. The Labute approximate surface area is 245 Å². The SMILES string of the molecule is CCC1=C(c2ccccc2NC(=O)OC(C)(C)C)C(=O)O[C@]2(C(=O)N(Cc3ccccc3)c3ccc(Cl)cc32)C1C. The number of anilines is 2. The summed E-state index contributed by atoms with van der Waals surface area (Å²) < 4.78 is 11.7. The van der Waals surface area contributed by atoms with Crippen LogP contribution in [0.1, 0.15) is 57.7 Å². The Kier molecular flexibility index (Phi) is 7.43. The number of carbonyl (C=O) groups excluding carboxylic acids is 3. The molecule has 212 valence electrons. The van der Waals surface area contributed by atoms with Crippen molar-refractivity contribution >= 4 is 46.5 Å². The molecule has 2 aliphatic rings. The van der Waals surface area contributed by atoms with Crippen LogP contribution in [0.25, 0.3) is 5.57 Å². The second-order valence-corrected chi connectivity index (χ2v) is 11.7. The number of nitrogens with zero attached hydrogens (tertiary/aromatic N) is 1. The number of rotatable bonds is 5. The maximum Gasteiger partial charge on any atom is 0.412 e. The number of benzene rings is 3. The number of carbonyl (C=O) groups is 3. The minimum Gasteiger partial charge on any atom is -0.444 e. The molecular weight excluding hydrogens is 540 g/mol. The highest BCUT2D eigenvalue weighted by atomic mass is 35.5. The largest absolute Gasteiger partial charge is 0.444 e. The summed E-state index contributed by atoms with van der Waals surface area (Å²) in [6.07, 6.45) is -0.154. The van der Waals surface area contributed by atoms with Crippen molar-refractivity contribution < 1.29 is 23.9 Å². The van der Waals surface area contributed by atoms with Crippen molar-refractivity contribution in [3.63, 3.8) is 0 Å².